The summed E-state index contributed by atoms with van der Waals surface area (Å²) in [5.74, 6) is 0. The van der Waals surface area contributed by atoms with E-state index in [1.165, 1.54) is 12.8 Å². The molecule has 0 amide bonds. The van der Waals surface area contributed by atoms with E-state index in [1.807, 2.05) is 7.05 Å². The van der Waals surface area contributed by atoms with Gasteiger partial charge in [0.05, 0.1) is 5.49 Å². The average Bonchev–Trinajstić information content (AvgIpc) is 2.44. The number of rotatable bonds is 2. The van der Waals surface area contributed by atoms with E-state index in [4.69, 9.17) is 12.2 Å². The van der Waals surface area contributed by atoms with E-state index in [0.29, 0.717) is 0 Å². The second kappa shape index (κ2) is 1.78. The third-order valence-corrected chi connectivity index (χ3v) is 1.62. The first kappa shape index (κ1) is 5.04. The molecule has 1 aliphatic rings. The van der Waals surface area contributed by atoms with Gasteiger partial charge < -0.3 is 4.90 Å². The highest BCUT2D eigenvalue weighted by molar-refractivity contribution is 7.78. The number of hydrogen-bond acceptors (Lipinski definition) is 1. The van der Waals surface area contributed by atoms with Gasteiger partial charge in [0.15, 0.2) is 0 Å². The highest BCUT2D eigenvalue weighted by atomic mass is 32.1. The second-order valence-corrected chi connectivity index (χ2v) is 2.21. The molecule has 1 fully saturated rings. The van der Waals surface area contributed by atoms with Crippen LogP contribution in [0.3, 0.4) is 0 Å². The standard InChI is InChI=1S/C5H9NS/c1-6(4-7)5-2-3-5/h4-5H,2-3H2,1H3. The van der Waals surface area contributed by atoms with Crippen LogP contribution < -0.4 is 0 Å². The Kier molecular flexibility index (Phi) is 1.28. The van der Waals surface area contributed by atoms with Gasteiger partial charge in [-0.25, -0.2) is 0 Å². The lowest BCUT2D eigenvalue weighted by Crippen LogP contribution is -2.16. The molecule has 0 saturated heterocycles. The molecule has 7 heavy (non-hydrogen) atoms. The van der Waals surface area contributed by atoms with Gasteiger partial charge in [0.2, 0.25) is 0 Å². The molecule has 1 aliphatic carbocycles. The first-order chi connectivity index (χ1) is 3.34. The minimum atomic E-state index is 0.789. The van der Waals surface area contributed by atoms with E-state index in [2.05, 4.69) is 4.90 Å². The molecule has 0 spiro atoms. The van der Waals surface area contributed by atoms with Gasteiger partial charge in [-0.15, -0.1) is 0 Å². The van der Waals surface area contributed by atoms with Gasteiger partial charge in [-0.1, -0.05) is 12.2 Å². The van der Waals surface area contributed by atoms with Crippen LogP contribution in [0.15, 0.2) is 0 Å². The molecule has 0 radical (unpaired) electrons. The summed E-state index contributed by atoms with van der Waals surface area (Å²) in [7, 11) is 2.03. The zero-order valence-corrected chi connectivity index (χ0v) is 5.24. The Morgan fingerprint density at radius 2 is 2.29 bits per heavy atom. The molecule has 2 heteroatoms. The Hall–Kier alpha value is -0.110. The summed E-state index contributed by atoms with van der Waals surface area (Å²) in [5, 5.41) is 0. The monoisotopic (exact) mass is 115 g/mol. The fourth-order valence-corrected chi connectivity index (χ4v) is 0.740. The van der Waals surface area contributed by atoms with Crippen LogP contribution in [0.2, 0.25) is 0 Å². The van der Waals surface area contributed by atoms with Gasteiger partial charge in [-0.05, 0) is 12.8 Å². The van der Waals surface area contributed by atoms with E-state index < -0.39 is 0 Å². The molecular weight excluding hydrogens is 106 g/mol. The first-order valence-electron chi connectivity index (χ1n) is 2.52. The van der Waals surface area contributed by atoms with Crippen molar-refractivity contribution >= 4 is 17.7 Å². The third kappa shape index (κ3) is 1.13. The predicted molar refractivity (Wildman–Crippen MR) is 34.4 cm³/mol. The Morgan fingerprint density at radius 3 is 2.43 bits per heavy atom. The van der Waals surface area contributed by atoms with Crippen molar-refractivity contribution in [1.82, 2.24) is 4.90 Å². The summed E-state index contributed by atoms with van der Waals surface area (Å²) in [6, 6.07) is 0.789. The number of nitrogens with zero attached hydrogens (tertiary/aromatic N) is 1. The van der Waals surface area contributed by atoms with Gasteiger partial charge in [0.1, 0.15) is 0 Å². The molecule has 40 valence electrons. The minimum Gasteiger partial charge on any atom is -0.369 e. The smallest absolute Gasteiger partial charge is 0.0640 e. The zero-order valence-electron chi connectivity index (χ0n) is 4.42. The molecule has 0 heterocycles. The summed E-state index contributed by atoms with van der Waals surface area (Å²) >= 11 is 4.69. The fourth-order valence-electron chi connectivity index (χ4n) is 0.568. The first-order valence-corrected chi connectivity index (χ1v) is 2.99. The van der Waals surface area contributed by atoms with Crippen molar-refractivity contribution in [3.8, 4) is 0 Å². The van der Waals surface area contributed by atoms with Crippen LogP contribution in [0.5, 0.6) is 0 Å². The van der Waals surface area contributed by atoms with Crippen molar-refractivity contribution in [3.05, 3.63) is 0 Å². The molecule has 0 bridgehead atoms. The molecule has 0 atom stereocenters. The normalized spacial score (nSPS) is 19.0. The van der Waals surface area contributed by atoms with Crippen LogP contribution in [0.1, 0.15) is 12.8 Å². The van der Waals surface area contributed by atoms with Gasteiger partial charge >= 0.3 is 0 Å². The summed E-state index contributed by atoms with van der Waals surface area (Å²) in [6.07, 6.45) is 2.67. The van der Waals surface area contributed by atoms with Crippen molar-refractivity contribution in [1.29, 1.82) is 0 Å². The SMILES string of the molecule is CN(C=S)C1CC1. The van der Waals surface area contributed by atoms with Gasteiger partial charge in [-0.2, -0.15) is 0 Å². The van der Waals surface area contributed by atoms with E-state index >= 15 is 0 Å². The summed E-state index contributed by atoms with van der Waals surface area (Å²) in [6.45, 7) is 0. The van der Waals surface area contributed by atoms with Crippen molar-refractivity contribution < 1.29 is 0 Å². The van der Waals surface area contributed by atoms with Crippen molar-refractivity contribution in [2.75, 3.05) is 7.05 Å². The van der Waals surface area contributed by atoms with Crippen molar-refractivity contribution in [3.63, 3.8) is 0 Å². The Balaban J connectivity index is 2.22. The van der Waals surface area contributed by atoms with Gasteiger partial charge in [-0.3, -0.25) is 0 Å². The molecule has 0 aromatic rings. The maximum Gasteiger partial charge on any atom is 0.0640 e. The summed E-state index contributed by atoms with van der Waals surface area (Å²) < 4.78 is 0. The Bertz CT molecular complexity index is 78.1. The molecule has 0 N–H and O–H groups in total. The summed E-state index contributed by atoms with van der Waals surface area (Å²) in [4.78, 5) is 2.09. The number of thiocarbonyl (C=S) groups is 1. The van der Waals surface area contributed by atoms with Gasteiger partial charge in [0, 0.05) is 13.1 Å². The lowest BCUT2D eigenvalue weighted by atomic mass is 10.6. The Morgan fingerprint density at radius 1 is 1.71 bits per heavy atom. The maximum atomic E-state index is 4.69. The second-order valence-electron chi connectivity index (χ2n) is 2.00. The van der Waals surface area contributed by atoms with E-state index in [-0.39, 0.29) is 0 Å². The number of hydrogen-bond donors (Lipinski definition) is 0. The molecule has 0 aromatic carbocycles. The quantitative estimate of drug-likeness (QED) is 0.495. The highest BCUT2D eigenvalue weighted by Gasteiger charge is 2.23. The zero-order chi connectivity index (χ0) is 5.28. The average molecular weight is 115 g/mol. The van der Waals surface area contributed by atoms with Crippen LogP contribution in [0.25, 0.3) is 0 Å². The predicted octanol–water partition coefficient (Wildman–Crippen LogP) is 1.04. The third-order valence-electron chi connectivity index (χ3n) is 1.29. The van der Waals surface area contributed by atoms with E-state index in [9.17, 15) is 0 Å². The Labute approximate surface area is 49.3 Å². The lowest BCUT2D eigenvalue weighted by Gasteiger charge is -2.07. The molecule has 1 nitrogen and oxygen atoms in total. The van der Waals surface area contributed by atoms with Crippen molar-refractivity contribution in [2.45, 2.75) is 18.9 Å². The fraction of sp³-hybridized carbons (Fsp3) is 0.800. The van der Waals surface area contributed by atoms with Crippen molar-refractivity contribution in [2.24, 2.45) is 0 Å². The minimum absolute atomic E-state index is 0.789. The van der Waals surface area contributed by atoms with Crippen LogP contribution in [-0.2, 0) is 0 Å². The molecule has 0 aromatic heterocycles. The lowest BCUT2D eigenvalue weighted by molar-refractivity contribution is 0.518. The van der Waals surface area contributed by atoms with Crippen LogP contribution in [0.4, 0.5) is 0 Å². The maximum absolute atomic E-state index is 4.69. The molecule has 0 unspecified atom stereocenters. The topological polar surface area (TPSA) is 3.24 Å². The molecule has 1 saturated carbocycles. The molecule has 1 rings (SSSR count). The van der Waals surface area contributed by atoms with Crippen LogP contribution >= 0.6 is 12.2 Å². The van der Waals surface area contributed by atoms with Crippen LogP contribution in [0, 0.1) is 0 Å². The van der Waals surface area contributed by atoms with E-state index in [1.54, 1.807) is 5.49 Å². The molecular formula is C5H9NS. The van der Waals surface area contributed by atoms with Crippen LogP contribution in [-0.4, -0.2) is 23.5 Å². The van der Waals surface area contributed by atoms with Gasteiger partial charge in [0.25, 0.3) is 0 Å². The largest absolute Gasteiger partial charge is 0.369 e. The highest BCUT2D eigenvalue weighted by Crippen LogP contribution is 2.23. The van der Waals surface area contributed by atoms with E-state index in [0.717, 1.165) is 6.04 Å². The summed E-state index contributed by atoms with van der Waals surface area (Å²) in [5.41, 5.74) is 1.72. The molecule has 0 aliphatic heterocycles.